The number of hydrogen-bond acceptors (Lipinski definition) is 6. The number of aryl methyl sites for hydroxylation is 2. The van der Waals surface area contributed by atoms with Crippen molar-refractivity contribution >= 4 is 29.0 Å². The van der Waals surface area contributed by atoms with E-state index >= 15 is 0 Å². The molecule has 0 spiro atoms. The molecule has 1 aromatic carbocycles. The Kier molecular flexibility index (Phi) is 8.43. The maximum atomic E-state index is 12.6. The molecule has 0 bridgehead atoms. The average Bonchev–Trinajstić information content (AvgIpc) is 3.43. The maximum absolute atomic E-state index is 12.6. The van der Waals surface area contributed by atoms with Crippen LogP contribution in [0.1, 0.15) is 43.9 Å². The van der Waals surface area contributed by atoms with E-state index in [9.17, 15) is 14.4 Å². The van der Waals surface area contributed by atoms with Gasteiger partial charge in [0.2, 0.25) is 5.78 Å². The van der Waals surface area contributed by atoms with Crippen LogP contribution in [-0.2, 0) is 22.5 Å². The molecule has 0 aliphatic heterocycles. The first kappa shape index (κ1) is 24.3. The number of amides is 1. The van der Waals surface area contributed by atoms with E-state index in [-0.39, 0.29) is 18.9 Å². The molecule has 0 fully saturated rings. The molecule has 3 rings (SSSR count). The number of carbonyl (C=O) groups excluding carboxylic acids is 3. The van der Waals surface area contributed by atoms with Crippen molar-refractivity contribution < 1.29 is 23.9 Å². The van der Waals surface area contributed by atoms with Crippen LogP contribution < -0.4 is 10.1 Å². The van der Waals surface area contributed by atoms with Crippen LogP contribution in [0, 0.1) is 13.8 Å². The van der Waals surface area contributed by atoms with Gasteiger partial charge in [0.15, 0.2) is 6.61 Å². The van der Waals surface area contributed by atoms with Gasteiger partial charge in [-0.3, -0.25) is 14.4 Å². The molecule has 0 aliphatic carbocycles. The number of ketones is 1. The molecule has 8 heteroatoms. The lowest BCUT2D eigenvalue weighted by molar-refractivity contribution is -0.141. The maximum Gasteiger partial charge on any atom is 0.325 e. The number of rotatable bonds is 11. The first-order valence-corrected chi connectivity index (χ1v) is 11.7. The molecule has 2 heterocycles. The van der Waals surface area contributed by atoms with Crippen molar-refractivity contribution in [3.8, 4) is 5.75 Å². The van der Waals surface area contributed by atoms with Gasteiger partial charge in [-0.25, -0.2) is 0 Å². The fourth-order valence-electron chi connectivity index (χ4n) is 3.50. The number of benzene rings is 1. The highest BCUT2D eigenvalue weighted by atomic mass is 32.1. The minimum atomic E-state index is -0.672. The Balaban J connectivity index is 1.47. The number of carbonyl (C=O) groups is 3. The second kappa shape index (κ2) is 11.5. The number of nitrogens with one attached hydrogen (secondary N) is 1. The normalized spacial score (nSPS) is 10.6. The molecule has 33 heavy (non-hydrogen) atoms. The molecule has 3 aromatic rings. The van der Waals surface area contributed by atoms with E-state index in [0.29, 0.717) is 23.5 Å². The number of thiophene rings is 1. The van der Waals surface area contributed by atoms with E-state index in [2.05, 4.69) is 21.3 Å². The molecule has 1 N–H and O–H groups in total. The summed E-state index contributed by atoms with van der Waals surface area (Å²) in [6.45, 7) is 6.36. The summed E-state index contributed by atoms with van der Waals surface area (Å²) in [7, 11) is 0. The molecule has 174 valence electrons. The number of nitrogens with zero attached hydrogens (tertiary/aromatic N) is 1. The Bertz CT molecular complexity index is 1100. The van der Waals surface area contributed by atoms with Crippen LogP contribution in [-0.4, -0.2) is 42.0 Å². The third-order valence-corrected chi connectivity index (χ3v) is 6.16. The van der Waals surface area contributed by atoms with Gasteiger partial charge in [-0.2, -0.15) is 0 Å². The van der Waals surface area contributed by atoms with Gasteiger partial charge in [0.25, 0.3) is 5.91 Å². The minimum Gasteiger partial charge on any atom is -0.494 e. The predicted octanol–water partition coefficient (Wildman–Crippen LogP) is 3.96. The summed E-state index contributed by atoms with van der Waals surface area (Å²) in [4.78, 5) is 38.1. The van der Waals surface area contributed by atoms with Crippen molar-refractivity contribution in [1.82, 2.24) is 9.88 Å². The quantitative estimate of drug-likeness (QED) is 0.340. The number of ether oxygens (including phenoxy) is 2. The summed E-state index contributed by atoms with van der Waals surface area (Å²) in [5, 5.41) is 4.55. The van der Waals surface area contributed by atoms with E-state index < -0.39 is 11.9 Å². The standard InChI is InChI=1S/C25H28N2O5S/c1-4-31-20-9-7-19(8-10-20)25(30)26-15-24(29)32-16-23(28)22-14-17(2)27(18(22)3)12-11-21-6-5-13-33-21/h5-10,13-14H,4,11-12,15-16H2,1-3H3,(H,26,30). The number of aromatic nitrogens is 1. The summed E-state index contributed by atoms with van der Waals surface area (Å²) in [6.07, 6.45) is 0.894. The van der Waals surface area contributed by atoms with Crippen molar-refractivity contribution in [1.29, 1.82) is 0 Å². The average molecular weight is 469 g/mol. The zero-order valence-electron chi connectivity index (χ0n) is 19.1. The van der Waals surface area contributed by atoms with Crippen LogP contribution in [0.4, 0.5) is 0 Å². The Morgan fingerprint density at radius 3 is 2.52 bits per heavy atom. The molecular formula is C25H28N2O5S. The van der Waals surface area contributed by atoms with Gasteiger partial charge < -0.3 is 19.4 Å². The minimum absolute atomic E-state index is 0.267. The predicted molar refractivity (Wildman–Crippen MR) is 127 cm³/mol. The fourth-order valence-corrected chi connectivity index (χ4v) is 4.20. The molecule has 7 nitrogen and oxygen atoms in total. The topological polar surface area (TPSA) is 86.6 Å². The number of hydrogen-bond donors (Lipinski definition) is 1. The van der Waals surface area contributed by atoms with Gasteiger partial charge in [-0.15, -0.1) is 11.3 Å². The third kappa shape index (κ3) is 6.55. The largest absolute Gasteiger partial charge is 0.494 e. The van der Waals surface area contributed by atoms with Crippen LogP contribution in [0.15, 0.2) is 47.8 Å². The van der Waals surface area contributed by atoms with Crippen molar-refractivity contribution in [3.63, 3.8) is 0 Å². The molecule has 1 amide bonds. The van der Waals surface area contributed by atoms with Crippen molar-refractivity contribution in [2.75, 3.05) is 19.8 Å². The zero-order valence-corrected chi connectivity index (χ0v) is 19.9. The summed E-state index contributed by atoms with van der Waals surface area (Å²) in [5.41, 5.74) is 2.79. The Labute approximate surface area is 197 Å². The highest BCUT2D eigenvalue weighted by Gasteiger charge is 2.18. The Hall–Kier alpha value is -3.39. The summed E-state index contributed by atoms with van der Waals surface area (Å²) < 4.78 is 12.5. The second-order valence-electron chi connectivity index (χ2n) is 7.49. The highest BCUT2D eigenvalue weighted by Crippen LogP contribution is 2.18. The van der Waals surface area contributed by atoms with Crippen molar-refractivity contribution in [2.45, 2.75) is 33.7 Å². The van der Waals surface area contributed by atoms with Gasteiger partial charge in [-0.05, 0) is 69.0 Å². The van der Waals surface area contributed by atoms with Crippen LogP contribution in [0.2, 0.25) is 0 Å². The Morgan fingerprint density at radius 1 is 1.09 bits per heavy atom. The summed E-state index contributed by atoms with van der Waals surface area (Å²) in [5.74, 6) is -0.681. The number of esters is 1. The zero-order chi connectivity index (χ0) is 23.8. The molecule has 0 atom stereocenters. The lowest BCUT2D eigenvalue weighted by Crippen LogP contribution is -2.31. The lowest BCUT2D eigenvalue weighted by atomic mass is 10.1. The first-order chi connectivity index (χ1) is 15.9. The Morgan fingerprint density at radius 2 is 1.85 bits per heavy atom. The monoisotopic (exact) mass is 468 g/mol. The van der Waals surface area contributed by atoms with E-state index in [1.807, 2.05) is 32.9 Å². The highest BCUT2D eigenvalue weighted by molar-refractivity contribution is 7.09. The molecule has 0 saturated carbocycles. The van der Waals surface area contributed by atoms with Crippen LogP contribution >= 0.6 is 11.3 Å². The molecule has 2 aromatic heterocycles. The van der Waals surface area contributed by atoms with Gasteiger partial charge in [-0.1, -0.05) is 6.07 Å². The molecule has 0 unspecified atom stereocenters. The van der Waals surface area contributed by atoms with E-state index in [4.69, 9.17) is 9.47 Å². The van der Waals surface area contributed by atoms with Gasteiger partial charge in [0.05, 0.1) is 6.61 Å². The van der Waals surface area contributed by atoms with Crippen LogP contribution in [0.25, 0.3) is 0 Å². The fraction of sp³-hybridized carbons (Fsp3) is 0.320. The second-order valence-corrected chi connectivity index (χ2v) is 8.52. The van der Waals surface area contributed by atoms with Gasteiger partial charge >= 0.3 is 5.97 Å². The lowest BCUT2D eigenvalue weighted by Gasteiger charge is -2.09. The third-order valence-electron chi connectivity index (χ3n) is 5.22. The van der Waals surface area contributed by atoms with Crippen LogP contribution in [0.3, 0.4) is 0 Å². The SMILES string of the molecule is CCOc1ccc(C(=O)NCC(=O)OCC(=O)c2cc(C)n(CCc3cccs3)c2C)cc1. The van der Waals surface area contributed by atoms with E-state index in [0.717, 1.165) is 24.4 Å². The number of Topliss-reactive ketones (excluding diaryl/α,β-unsaturated/α-hetero) is 1. The van der Waals surface area contributed by atoms with Gasteiger partial charge in [0, 0.05) is 33.9 Å². The summed E-state index contributed by atoms with van der Waals surface area (Å²) >= 11 is 1.71. The van der Waals surface area contributed by atoms with Gasteiger partial charge in [0.1, 0.15) is 12.3 Å². The van der Waals surface area contributed by atoms with E-state index in [1.54, 1.807) is 35.6 Å². The molecular weight excluding hydrogens is 440 g/mol. The van der Waals surface area contributed by atoms with E-state index in [1.165, 1.54) is 4.88 Å². The van der Waals surface area contributed by atoms with Crippen molar-refractivity contribution in [2.24, 2.45) is 0 Å². The molecule has 0 radical (unpaired) electrons. The smallest absolute Gasteiger partial charge is 0.325 e. The van der Waals surface area contributed by atoms with Crippen LogP contribution in [0.5, 0.6) is 5.75 Å². The van der Waals surface area contributed by atoms with Crippen molar-refractivity contribution in [3.05, 3.63) is 75.2 Å². The molecule has 0 saturated heterocycles. The summed E-state index contributed by atoms with van der Waals surface area (Å²) in [6, 6.07) is 12.6. The molecule has 0 aliphatic rings. The first-order valence-electron chi connectivity index (χ1n) is 10.8.